The number of fused-ring (bicyclic) bond motifs is 1. The summed E-state index contributed by atoms with van der Waals surface area (Å²) in [7, 11) is 0. The van der Waals surface area contributed by atoms with Gasteiger partial charge in [0.1, 0.15) is 31.0 Å². The molecule has 0 spiro atoms. The smallest absolute Gasteiger partial charge is 0.306 e. The number of rotatable bonds is 10. The number of aliphatic hydroxyl groups is 1. The molecule has 2 rings (SSSR count). The quantitative estimate of drug-likeness (QED) is 0.286. The van der Waals surface area contributed by atoms with Crippen molar-refractivity contribution in [3.63, 3.8) is 0 Å². The molecule has 2 aliphatic heterocycles. The second-order valence-corrected chi connectivity index (χ2v) is 5.55. The van der Waals surface area contributed by atoms with E-state index in [1.54, 1.807) is 0 Å². The van der Waals surface area contributed by atoms with Crippen LogP contribution in [0.2, 0.25) is 0 Å². The Morgan fingerprint density at radius 2 is 1.92 bits per heavy atom. The summed E-state index contributed by atoms with van der Waals surface area (Å²) in [5.74, 6) is -0.575. The summed E-state index contributed by atoms with van der Waals surface area (Å²) in [5, 5.41) is 27.9. The molecule has 0 amide bonds. The number of carbonyl (C=O) groups excluding carboxylic acids is 1. The molecule has 25 heavy (non-hydrogen) atoms. The molecule has 13 nitrogen and oxygen atoms in total. The molecular weight excluding hydrogens is 348 g/mol. The maximum absolute atomic E-state index is 11.8. The van der Waals surface area contributed by atoms with Crippen LogP contribution >= 0.6 is 0 Å². The van der Waals surface area contributed by atoms with E-state index >= 15 is 0 Å². The lowest BCUT2D eigenvalue weighted by molar-refractivity contribution is -0.790. The molecular formula is C12H18N2O11. The molecule has 2 fully saturated rings. The minimum absolute atomic E-state index is 0.00759. The van der Waals surface area contributed by atoms with Crippen LogP contribution in [-0.2, 0) is 28.7 Å². The summed E-state index contributed by atoms with van der Waals surface area (Å²) >= 11 is 0. The van der Waals surface area contributed by atoms with E-state index in [1.165, 1.54) is 0 Å². The predicted octanol–water partition coefficient (Wildman–Crippen LogP) is -0.988. The highest BCUT2D eigenvalue weighted by atomic mass is 17.0. The molecule has 5 atom stereocenters. The molecule has 0 unspecified atom stereocenters. The first-order valence-corrected chi connectivity index (χ1v) is 7.56. The van der Waals surface area contributed by atoms with Crippen LogP contribution in [0, 0.1) is 20.2 Å². The van der Waals surface area contributed by atoms with Crippen molar-refractivity contribution in [3.8, 4) is 0 Å². The molecule has 0 bridgehead atoms. The van der Waals surface area contributed by atoms with Gasteiger partial charge in [-0.25, -0.2) is 0 Å². The number of nitrogens with zero attached hydrogens (tertiary/aromatic N) is 2. The lowest BCUT2D eigenvalue weighted by Crippen LogP contribution is -2.34. The zero-order chi connectivity index (χ0) is 18.4. The molecule has 0 aromatic rings. The summed E-state index contributed by atoms with van der Waals surface area (Å²) in [6, 6.07) is 0. The number of hydrogen-bond acceptors (Lipinski definition) is 11. The summed E-state index contributed by atoms with van der Waals surface area (Å²) < 4.78 is 15.9. The van der Waals surface area contributed by atoms with E-state index in [4.69, 9.17) is 14.2 Å². The van der Waals surface area contributed by atoms with E-state index < -0.39 is 53.3 Å². The van der Waals surface area contributed by atoms with Crippen molar-refractivity contribution >= 4 is 5.97 Å². The Kier molecular flexibility index (Phi) is 6.66. The van der Waals surface area contributed by atoms with Gasteiger partial charge in [0.15, 0.2) is 6.10 Å². The molecule has 0 radical (unpaired) electrons. The number of hydrogen-bond donors (Lipinski definition) is 1. The van der Waals surface area contributed by atoms with Gasteiger partial charge in [-0.15, -0.1) is 20.2 Å². The van der Waals surface area contributed by atoms with E-state index in [0.29, 0.717) is 0 Å². The average Bonchev–Trinajstić information content (AvgIpc) is 3.08. The normalized spacial score (nSPS) is 28.8. The Balaban J connectivity index is 1.69. The highest BCUT2D eigenvalue weighted by Crippen LogP contribution is 2.29. The van der Waals surface area contributed by atoms with Gasteiger partial charge in [0, 0.05) is 6.42 Å². The van der Waals surface area contributed by atoms with Crippen molar-refractivity contribution in [3.05, 3.63) is 20.2 Å². The molecule has 1 N–H and O–H groups in total. The van der Waals surface area contributed by atoms with Crippen molar-refractivity contribution in [1.82, 2.24) is 0 Å². The summed E-state index contributed by atoms with van der Waals surface area (Å²) in [5.41, 5.74) is 0. The summed E-state index contributed by atoms with van der Waals surface area (Å²) in [6.07, 6.45) is -3.52. The molecule has 142 valence electrons. The highest BCUT2D eigenvalue weighted by molar-refractivity contribution is 5.69. The van der Waals surface area contributed by atoms with Gasteiger partial charge in [-0.05, 0) is 12.8 Å². The number of ether oxygens (including phenoxy) is 3. The Morgan fingerprint density at radius 3 is 2.60 bits per heavy atom. The van der Waals surface area contributed by atoms with E-state index in [-0.39, 0.29) is 32.5 Å². The fourth-order valence-corrected chi connectivity index (χ4v) is 2.68. The van der Waals surface area contributed by atoms with Crippen molar-refractivity contribution in [2.75, 3.05) is 19.8 Å². The minimum atomic E-state index is -1.17. The van der Waals surface area contributed by atoms with Crippen LogP contribution in [0.3, 0.4) is 0 Å². The Bertz CT molecular complexity index is 501. The third kappa shape index (κ3) is 5.65. The Morgan fingerprint density at radius 1 is 1.20 bits per heavy atom. The molecule has 2 heterocycles. The van der Waals surface area contributed by atoms with Crippen molar-refractivity contribution in [1.29, 1.82) is 0 Å². The maximum Gasteiger partial charge on any atom is 0.306 e. The standard InChI is InChI=1S/C12H18N2O11/c15-8-5-21-12-9(6-22-11(8)12)24-10(16)3-1-2-7(25-14(19)20)4-23-13(17)18/h7-9,11-12,15H,1-6H2/t7-,8-,9-,11-,12-/m1/s1. The summed E-state index contributed by atoms with van der Waals surface area (Å²) in [6.45, 7) is -0.392. The van der Waals surface area contributed by atoms with Gasteiger partial charge >= 0.3 is 5.97 Å². The fraction of sp³-hybridized carbons (Fsp3) is 0.917. The predicted molar refractivity (Wildman–Crippen MR) is 74.0 cm³/mol. The van der Waals surface area contributed by atoms with Gasteiger partial charge in [0.2, 0.25) is 0 Å². The molecule has 2 aliphatic rings. The van der Waals surface area contributed by atoms with Crippen LogP contribution in [-0.4, -0.2) is 71.6 Å². The monoisotopic (exact) mass is 366 g/mol. The lowest BCUT2D eigenvalue weighted by atomic mass is 10.1. The maximum atomic E-state index is 11.8. The third-order valence-corrected chi connectivity index (χ3v) is 3.77. The molecule has 0 aromatic heterocycles. The van der Waals surface area contributed by atoms with E-state index in [1.807, 2.05) is 0 Å². The molecule has 0 saturated carbocycles. The van der Waals surface area contributed by atoms with Crippen LogP contribution in [0.4, 0.5) is 0 Å². The first kappa shape index (κ1) is 19.1. The van der Waals surface area contributed by atoms with Crippen LogP contribution in [0.5, 0.6) is 0 Å². The van der Waals surface area contributed by atoms with Gasteiger partial charge in [-0.2, -0.15) is 0 Å². The van der Waals surface area contributed by atoms with Crippen molar-refractivity contribution in [2.45, 2.75) is 49.8 Å². The molecule has 2 saturated heterocycles. The molecule has 0 aliphatic carbocycles. The Labute approximate surface area is 140 Å². The van der Waals surface area contributed by atoms with Gasteiger partial charge in [-0.1, -0.05) is 0 Å². The second kappa shape index (κ2) is 8.73. The number of aliphatic hydroxyl groups excluding tert-OH is 1. The van der Waals surface area contributed by atoms with E-state index in [9.17, 15) is 30.1 Å². The first-order valence-electron chi connectivity index (χ1n) is 7.56. The van der Waals surface area contributed by atoms with Crippen LogP contribution < -0.4 is 0 Å². The zero-order valence-corrected chi connectivity index (χ0v) is 13.1. The largest absolute Gasteiger partial charge is 0.457 e. The molecule has 13 heteroatoms. The van der Waals surface area contributed by atoms with Crippen LogP contribution in [0.15, 0.2) is 0 Å². The fourth-order valence-electron chi connectivity index (χ4n) is 2.68. The summed E-state index contributed by atoms with van der Waals surface area (Å²) in [4.78, 5) is 40.6. The van der Waals surface area contributed by atoms with Crippen LogP contribution in [0.1, 0.15) is 19.3 Å². The third-order valence-electron chi connectivity index (χ3n) is 3.77. The second-order valence-electron chi connectivity index (χ2n) is 5.55. The van der Waals surface area contributed by atoms with Gasteiger partial charge < -0.3 is 29.0 Å². The minimum Gasteiger partial charge on any atom is -0.457 e. The van der Waals surface area contributed by atoms with Crippen molar-refractivity contribution in [2.24, 2.45) is 0 Å². The van der Waals surface area contributed by atoms with E-state index in [2.05, 4.69) is 9.68 Å². The lowest BCUT2D eigenvalue weighted by Gasteiger charge is -2.17. The van der Waals surface area contributed by atoms with E-state index in [0.717, 1.165) is 0 Å². The molecule has 0 aromatic carbocycles. The van der Waals surface area contributed by atoms with Gasteiger partial charge in [-0.3, -0.25) is 4.79 Å². The highest BCUT2D eigenvalue weighted by Gasteiger charge is 2.48. The van der Waals surface area contributed by atoms with Crippen LogP contribution in [0.25, 0.3) is 0 Å². The zero-order valence-electron chi connectivity index (χ0n) is 13.1. The Hall–Kier alpha value is -2.25. The topological polar surface area (TPSA) is 170 Å². The SMILES string of the molecule is O=C(CCC[C@H](CO[N+](=O)[O-])O[N+](=O)[O-])O[C@@H]1CO[C@H]2[C@@H]1OC[C@H]2O. The number of carbonyl (C=O) groups is 1. The van der Waals surface area contributed by atoms with Crippen molar-refractivity contribution < 1.29 is 44.0 Å². The average molecular weight is 366 g/mol. The van der Waals surface area contributed by atoms with Gasteiger partial charge in [0.25, 0.3) is 10.2 Å². The van der Waals surface area contributed by atoms with Gasteiger partial charge in [0.05, 0.1) is 13.2 Å². The number of esters is 1. The first-order chi connectivity index (χ1) is 11.9.